The molecule has 0 aliphatic heterocycles. The average molecular weight is 741 g/mol. The molecule has 0 radical (unpaired) electrons. The Balaban J connectivity index is 1.57. The number of sulfonamides is 1. The second-order valence-electron chi connectivity index (χ2n) is 10.1. The Hall–Kier alpha value is -4.32. The van der Waals surface area contributed by atoms with Crippen LogP contribution in [0.5, 0.6) is 11.5 Å². The number of ether oxygens (including phenoxy) is 2. The molecule has 0 fully saturated rings. The normalized spacial score (nSPS) is 11.8. The molecule has 49 heavy (non-hydrogen) atoms. The highest BCUT2D eigenvalue weighted by atomic mass is 35.5. The lowest BCUT2D eigenvalue weighted by molar-refractivity contribution is -0.137. The zero-order valence-electron chi connectivity index (χ0n) is 26.7. The maximum atomic E-state index is 13.2. The quantitative estimate of drug-likeness (QED) is 0.157. The molecule has 4 aromatic rings. The minimum atomic E-state index is -4.63. The number of methoxy groups -OCH3 is 2. The summed E-state index contributed by atoms with van der Waals surface area (Å²) < 4.78 is 79.0. The van der Waals surface area contributed by atoms with Gasteiger partial charge in [0.15, 0.2) is 11.0 Å². The molecule has 12 nitrogen and oxygen atoms in total. The van der Waals surface area contributed by atoms with Crippen LogP contribution in [0.15, 0.2) is 70.7 Å². The molecule has 2 N–H and O–H groups in total. The highest BCUT2D eigenvalue weighted by Gasteiger charge is 2.31. The van der Waals surface area contributed by atoms with Crippen molar-refractivity contribution in [3.63, 3.8) is 0 Å². The Morgan fingerprint density at radius 2 is 1.67 bits per heavy atom. The fraction of sp³-hybridized carbons (Fsp3) is 0.290. The lowest BCUT2D eigenvalue weighted by Crippen LogP contribution is -2.30. The van der Waals surface area contributed by atoms with E-state index >= 15 is 0 Å². The molecule has 0 unspecified atom stereocenters. The monoisotopic (exact) mass is 740 g/mol. The smallest absolute Gasteiger partial charge is 0.416 e. The third-order valence-electron chi connectivity index (χ3n) is 7.09. The molecule has 0 aliphatic carbocycles. The Morgan fingerprint density at radius 3 is 2.29 bits per heavy atom. The summed E-state index contributed by atoms with van der Waals surface area (Å²) >= 11 is 6.95. The molecule has 2 amide bonds. The summed E-state index contributed by atoms with van der Waals surface area (Å²) in [6.45, 7) is 3.92. The minimum absolute atomic E-state index is 0.0543. The SMILES string of the molecule is CCN(CC)S(=O)(=O)c1ccc(C(=O)NCc2nnc(SCC(=O)Nc3cc(C(F)(F)F)ccc3Cl)n2-c2cc(OC)ccc2OC)cc1. The van der Waals surface area contributed by atoms with Crippen LogP contribution in [0.3, 0.4) is 0 Å². The fourth-order valence-electron chi connectivity index (χ4n) is 4.59. The van der Waals surface area contributed by atoms with Gasteiger partial charge in [-0.25, -0.2) is 8.42 Å². The van der Waals surface area contributed by atoms with Crippen LogP contribution in [0, 0.1) is 0 Å². The second kappa shape index (κ2) is 15.9. The van der Waals surface area contributed by atoms with Crippen LogP contribution in [0.25, 0.3) is 5.69 Å². The van der Waals surface area contributed by atoms with Crippen molar-refractivity contribution in [1.29, 1.82) is 0 Å². The molecule has 4 rings (SSSR count). The number of anilines is 1. The van der Waals surface area contributed by atoms with Gasteiger partial charge < -0.3 is 20.1 Å². The zero-order chi connectivity index (χ0) is 35.9. The summed E-state index contributed by atoms with van der Waals surface area (Å²) in [5, 5.41) is 13.6. The van der Waals surface area contributed by atoms with Crippen molar-refractivity contribution in [2.45, 2.75) is 36.6 Å². The van der Waals surface area contributed by atoms with E-state index in [0.29, 0.717) is 30.3 Å². The molecule has 1 heterocycles. The Labute approximate surface area is 290 Å². The Kier molecular flexibility index (Phi) is 12.2. The van der Waals surface area contributed by atoms with Crippen LogP contribution in [0.1, 0.15) is 35.6 Å². The van der Waals surface area contributed by atoms with E-state index in [0.717, 1.165) is 30.0 Å². The van der Waals surface area contributed by atoms with Gasteiger partial charge >= 0.3 is 6.18 Å². The van der Waals surface area contributed by atoms with Crippen LogP contribution >= 0.6 is 23.4 Å². The lowest BCUT2D eigenvalue weighted by Gasteiger charge is -2.18. The molecule has 0 bridgehead atoms. The summed E-state index contributed by atoms with van der Waals surface area (Å²) in [5.41, 5.74) is -0.578. The Bertz CT molecular complexity index is 1920. The molecule has 0 spiro atoms. The van der Waals surface area contributed by atoms with Gasteiger partial charge in [-0.2, -0.15) is 17.5 Å². The number of hydrogen-bond donors (Lipinski definition) is 2. The van der Waals surface area contributed by atoms with E-state index in [2.05, 4.69) is 20.8 Å². The Morgan fingerprint density at radius 1 is 0.980 bits per heavy atom. The summed E-state index contributed by atoms with van der Waals surface area (Å²) in [4.78, 5) is 26.0. The minimum Gasteiger partial charge on any atom is -0.497 e. The number of alkyl halides is 3. The number of aromatic nitrogens is 3. The topological polar surface area (TPSA) is 145 Å². The number of carbonyl (C=O) groups excluding carboxylic acids is 2. The van der Waals surface area contributed by atoms with Gasteiger partial charge in [0.1, 0.15) is 11.5 Å². The maximum Gasteiger partial charge on any atom is 0.416 e. The van der Waals surface area contributed by atoms with E-state index in [4.69, 9.17) is 21.1 Å². The zero-order valence-corrected chi connectivity index (χ0v) is 29.1. The van der Waals surface area contributed by atoms with Gasteiger partial charge in [-0.15, -0.1) is 10.2 Å². The number of benzene rings is 3. The molecular weight excluding hydrogens is 709 g/mol. The highest BCUT2D eigenvalue weighted by molar-refractivity contribution is 7.99. The first kappa shape index (κ1) is 37.5. The fourth-order valence-corrected chi connectivity index (χ4v) is 6.97. The molecule has 18 heteroatoms. The molecular formula is C31H32ClF3N6O6S2. The van der Waals surface area contributed by atoms with Crippen LogP contribution in [0.4, 0.5) is 18.9 Å². The number of nitrogens with one attached hydrogen (secondary N) is 2. The van der Waals surface area contributed by atoms with Gasteiger partial charge in [0.05, 0.1) is 53.4 Å². The summed E-state index contributed by atoms with van der Waals surface area (Å²) in [6, 6.07) is 13.1. The molecule has 0 saturated carbocycles. The maximum absolute atomic E-state index is 13.2. The molecule has 1 aromatic heterocycles. The molecule has 262 valence electrons. The van der Waals surface area contributed by atoms with Crippen molar-refractivity contribution in [2.75, 3.05) is 38.4 Å². The summed E-state index contributed by atoms with van der Waals surface area (Å²) in [6.07, 6.45) is -4.63. The van der Waals surface area contributed by atoms with Crippen LogP contribution in [0.2, 0.25) is 5.02 Å². The number of carbonyl (C=O) groups is 2. The predicted octanol–water partition coefficient (Wildman–Crippen LogP) is 5.65. The number of hydrogen-bond acceptors (Lipinski definition) is 9. The van der Waals surface area contributed by atoms with Gasteiger partial charge in [0.25, 0.3) is 5.91 Å². The molecule has 3 aromatic carbocycles. The van der Waals surface area contributed by atoms with Crippen molar-refractivity contribution in [1.82, 2.24) is 24.4 Å². The standard InChI is InChI=1S/C31H32ClF3N6O6S2/c1-5-40(6-2)49(44,45)22-11-7-19(8-12-22)29(43)36-17-27-38-39-30(41(27)25-16-21(46-3)10-14-26(25)47-4)48-18-28(42)37-24-15-20(31(33,34)35)9-13-23(24)32/h7-16H,5-6,17-18H2,1-4H3,(H,36,43)(H,37,42). The van der Waals surface area contributed by atoms with Crippen molar-refractivity contribution in [3.05, 3.63) is 82.6 Å². The highest BCUT2D eigenvalue weighted by Crippen LogP contribution is 2.35. The van der Waals surface area contributed by atoms with Crippen LogP contribution in [-0.2, 0) is 27.5 Å². The molecule has 0 saturated heterocycles. The number of halogens is 4. The average Bonchev–Trinajstić information content (AvgIpc) is 3.49. The van der Waals surface area contributed by atoms with Gasteiger partial charge in [0, 0.05) is 24.7 Å². The molecule has 0 atom stereocenters. The van der Waals surface area contributed by atoms with E-state index in [9.17, 15) is 31.2 Å². The first-order chi connectivity index (χ1) is 23.2. The van der Waals surface area contributed by atoms with E-state index < -0.39 is 33.6 Å². The predicted molar refractivity (Wildman–Crippen MR) is 178 cm³/mol. The van der Waals surface area contributed by atoms with E-state index in [1.54, 1.807) is 32.0 Å². The van der Waals surface area contributed by atoms with Crippen LogP contribution < -0.4 is 20.1 Å². The van der Waals surface area contributed by atoms with E-state index in [-0.39, 0.29) is 44.4 Å². The van der Waals surface area contributed by atoms with Crippen molar-refractivity contribution in [3.8, 4) is 17.2 Å². The van der Waals surface area contributed by atoms with Gasteiger partial charge in [0.2, 0.25) is 15.9 Å². The van der Waals surface area contributed by atoms with Gasteiger partial charge in [-0.3, -0.25) is 14.2 Å². The van der Waals surface area contributed by atoms with Crippen molar-refractivity contribution in [2.24, 2.45) is 0 Å². The van der Waals surface area contributed by atoms with Crippen molar-refractivity contribution >= 4 is 50.9 Å². The molecule has 0 aliphatic rings. The number of thioether (sulfide) groups is 1. The van der Waals surface area contributed by atoms with E-state index in [1.165, 1.54) is 47.4 Å². The van der Waals surface area contributed by atoms with Gasteiger partial charge in [-0.05, 0) is 54.6 Å². The number of rotatable bonds is 14. The van der Waals surface area contributed by atoms with Gasteiger partial charge in [-0.1, -0.05) is 37.2 Å². The number of nitrogens with zero attached hydrogens (tertiary/aromatic N) is 4. The third-order valence-corrected chi connectivity index (χ3v) is 10.4. The number of amides is 2. The van der Waals surface area contributed by atoms with Crippen LogP contribution in [-0.4, -0.2) is 72.4 Å². The van der Waals surface area contributed by atoms with Crippen molar-refractivity contribution < 1.29 is 40.7 Å². The summed E-state index contributed by atoms with van der Waals surface area (Å²) in [5.74, 6) is -0.437. The third kappa shape index (κ3) is 8.83. The lowest BCUT2D eigenvalue weighted by atomic mass is 10.2. The first-order valence-electron chi connectivity index (χ1n) is 14.6. The summed E-state index contributed by atoms with van der Waals surface area (Å²) in [7, 11) is -0.796. The first-order valence-corrected chi connectivity index (χ1v) is 17.4. The second-order valence-corrected chi connectivity index (χ2v) is 13.4. The largest absolute Gasteiger partial charge is 0.497 e. The van der Waals surface area contributed by atoms with E-state index in [1.807, 2.05) is 0 Å².